The van der Waals surface area contributed by atoms with Crippen molar-refractivity contribution in [2.24, 2.45) is 0 Å². The highest BCUT2D eigenvalue weighted by Gasteiger charge is 2.30. The molecule has 23 heavy (non-hydrogen) atoms. The van der Waals surface area contributed by atoms with Crippen molar-refractivity contribution in [2.45, 2.75) is 49.6 Å². The summed E-state index contributed by atoms with van der Waals surface area (Å²) in [6.45, 7) is 4.85. The van der Waals surface area contributed by atoms with Gasteiger partial charge in [0.2, 0.25) is 0 Å². The van der Waals surface area contributed by atoms with Crippen molar-refractivity contribution in [1.82, 2.24) is 14.8 Å². The number of methoxy groups -OCH3 is 1. The van der Waals surface area contributed by atoms with Gasteiger partial charge in [0.05, 0.1) is 12.4 Å². The lowest BCUT2D eigenvalue weighted by Crippen LogP contribution is -2.15. The molecule has 1 aromatic carbocycles. The molecule has 2 aromatic rings. The van der Waals surface area contributed by atoms with Crippen LogP contribution >= 0.6 is 11.8 Å². The van der Waals surface area contributed by atoms with Gasteiger partial charge in [-0.15, -0.1) is 10.2 Å². The number of thioether (sulfide) groups is 1. The zero-order valence-electron chi connectivity index (χ0n) is 13.7. The number of nitrogens with zero attached hydrogens (tertiary/aromatic N) is 3. The highest BCUT2D eigenvalue weighted by molar-refractivity contribution is 8.00. The fourth-order valence-electron chi connectivity index (χ4n) is 2.53. The molecule has 1 aliphatic rings. The van der Waals surface area contributed by atoms with Crippen LogP contribution in [0, 0.1) is 0 Å². The van der Waals surface area contributed by atoms with Gasteiger partial charge in [0.25, 0.3) is 0 Å². The van der Waals surface area contributed by atoms with Gasteiger partial charge >= 0.3 is 0 Å². The van der Waals surface area contributed by atoms with E-state index in [1.165, 1.54) is 24.6 Å². The van der Waals surface area contributed by atoms with Gasteiger partial charge in [-0.3, -0.25) is 4.79 Å². The van der Waals surface area contributed by atoms with E-state index in [2.05, 4.69) is 21.7 Å². The van der Waals surface area contributed by atoms with E-state index in [0.717, 1.165) is 23.3 Å². The van der Waals surface area contributed by atoms with Crippen LogP contribution in [0.25, 0.3) is 0 Å². The topological polar surface area (TPSA) is 57.0 Å². The maximum absolute atomic E-state index is 12.6. The Morgan fingerprint density at radius 2 is 2.04 bits per heavy atom. The van der Waals surface area contributed by atoms with Crippen molar-refractivity contribution >= 4 is 17.5 Å². The molecule has 1 aliphatic carbocycles. The second-order valence-electron chi connectivity index (χ2n) is 5.71. The molecule has 1 aromatic heterocycles. The maximum atomic E-state index is 12.6. The Morgan fingerprint density at radius 1 is 1.35 bits per heavy atom. The zero-order valence-corrected chi connectivity index (χ0v) is 14.5. The molecule has 1 atom stereocenters. The number of aromatic nitrogens is 3. The Hall–Kier alpha value is -1.82. The molecule has 0 N–H and O–H groups in total. The molecule has 0 amide bonds. The molecular formula is C17H21N3O2S. The highest BCUT2D eigenvalue weighted by Crippen LogP contribution is 2.40. The zero-order chi connectivity index (χ0) is 16.4. The minimum atomic E-state index is -0.204. The monoisotopic (exact) mass is 331 g/mol. The van der Waals surface area contributed by atoms with Crippen molar-refractivity contribution in [1.29, 1.82) is 0 Å². The summed E-state index contributed by atoms with van der Waals surface area (Å²) in [6, 6.07) is 7.23. The summed E-state index contributed by atoms with van der Waals surface area (Å²) in [6.07, 6.45) is 2.40. The van der Waals surface area contributed by atoms with E-state index in [1.54, 1.807) is 19.2 Å². The molecule has 1 saturated carbocycles. The third kappa shape index (κ3) is 3.42. The molecule has 3 rings (SSSR count). The van der Waals surface area contributed by atoms with Crippen molar-refractivity contribution in [3.05, 3.63) is 35.7 Å². The number of carbonyl (C=O) groups is 1. The number of carbonyl (C=O) groups excluding carboxylic acids is 1. The molecule has 1 unspecified atom stereocenters. The van der Waals surface area contributed by atoms with Gasteiger partial charge in [-0.2, -0.15) is 0 Å². The van der Waals surface area contributed by atoms with Crippen LogP contribution in [0.15, 0.2) is 29.4 Å². The molecule has 6 heteroatoms. The van der Waals surface area contributed by atoms with E-state index >= 15 is 0 Å². The first-order chi connectivity index (χ1) is 11.1. The average Bonchev–Trinajstić information content (AvgIpc) is 3.35. The molecule has 0 bridgehead atoms. The Balaban J connectivity index is 1.72. The minimum absolute atomic E-state index is 0.0938. The normalized spacial score (nSPS) is 15.4. The van der Waals surface area contributed by atoms with E-state index in [4.69, 9.17) is 4.74 Å². The summed E-state index contributed by atoms with van der Waals surface area (Å²) in [5, 5.41) is 9.25. The lowest BCUT2D eigenvalue weighted by molar-refractivity contribution is 0.0994. The molecule has 0 spiro atoms. The third-order valence-corrected chi connectivity index (χ3v) is 5.11. The molecule has 122 valence electrons. The van der Waals surface area contributed by atoms with E-state index in [0.29, 0.717) is 11.5 Å². The van der Waals surface area contributed by atoms with Crippen molar-refractivity contribution in [3.8, 4) is 5.75 Å². The fraction of sp³-hybridized carbons (Fsp3) is 0.471. The van der Waals surface area contributed by atoms with Crippen LogP contribution in [0.2, 0.25) is 0 Å². The maximum Gasteiger partial charge on any atom is 0.191 e. The minimum Gasteiger partial charge on any atom is -0.497 e. The summed E-state index contributed by atoms with van der Waals surface area (Å²) in [5.74, 6) is 2.47. The van der Waals surface area contributed by atoms with Crippen LogP contribution in [0.4, 0.5) is 0 Å². The predicted octanol–water partition coefficient (Wildman–Crippen LogP) is 3.55. The number of hydrogen-bond acceptors (Lipinski definition) is 5. The van der Waals surface area contributed by atoms with Crippen molar-refractivity contribution in [2.75, 3.05) is 7.11 Å². The SMILES string of the molecule is CCn1c(SC(C)C(=O)c2ccc(OC)cc2)nnc1C1CC1. The summed E-state index contributed by atoms with van der Waals surface area (Å²) in [4.78, 5) is 12.6. The van der Waals surface area contributed by atoms with Gasteiger partial charge in [0.1, 0.15) is 11.6 Å². The number of hydrogen-bond donors (Lipinski definition) is 0. The quantitative estimate of drug-likeness (QED) is 0.574. The molecule has 5 nitrogen and oxygen atoms in total. The number of Topliss-reactive ketones (excluding diaryl/α,β-unsaturated/α-hetero) is 1. The Labute approximate surface area is 140 Å². The van der Waals surface area contributed by atoms with Crippen molar-refractivity contribution in [3.63, 3.8) is 0 Å². The summed E-state index contributed by atoms with van der Waals surface area (Å²) >= 11 is 1.48. The van der Waals surface area contributed by atoms with Crippen LogP contribution in [-0.2, 0) is 6.54 Å². The standard InChI is InChI=1S/C17H21N3O2S/c1-4-20-16(13-5-6-13)18-19-17(20)23-11(2)15(21)12-7-9-14(22-3)10-8-12/h7-11,13H,4-6H2,1-3H3. The van der Waals surface area contributed by atoms with Gasteiger partial charge in [-0.1, -0.05) is 11.8 Å². The van der Waals surface area contributed by atoms with Crippen LogP contribution < -0.4 is 4.74 Å². The molecule has 0 radical (unpaired) electrons. The third-order valence-electron chi connectivity index (χ3n) is 4.03. The van der Waals surface area contributed by atoms with Crippen molar-refractivity contribution < 1.29 is 9.53 Å². The molecule has 1 fully saturated rings. The molecule has 0 aliphatic heterocycles. The lowest BCUT2D eigenvalue weighted by Gasteiger charge is -2.11. The number of benzene rings is 1. The highest BCUT2D eigenvalue weighted by atomic mass is 32.2. The van der Waals surface area contributed by atoms with Crippen LogP contribution in [0.3, 0.4) is 0 Å². The van der Waals surface area contributed by atoms with Gasteiger partial charge in [0.15, 0.2) is 10.9 Å². The Kier molecular flexibility index (Phi) is 4.71. The Morgan fingerprint density at radius 3 is 2.61 bits per heavy atom. The predicted molar refractivity (Wildman–Crippen MR) is 90.3 cm³/mol. The van der Waals surface area contributed by atoms with Gasteiger partial charge in [-0.05, 0) is 51.0 Å². The van der Waals surface area contributed by atoms with Gasteiger partial charge in [-0.25, -0.2) is 0 Å². The summed E-state index contributed by atoms with van der Waals surface area (Å²) < 4.78 is 7.27. The van der Waals surface area contributed by atoms with Gasteiger partial charge < -0.3 is 9.30 Å². The summed E-state index contributed by atoms with van der Waals surface area (Å²) in [7, 11) is 1.62. The van der Waals surface area contributed by atoms with E-state index < -0.39 is 0 Å². The summed E-state index contributed by atoms with van der Waals surface area (Å²) in [5.41, 5.74) is 0.691. The second kappa shape index (κ2) is 6.74. The first-order valence-corrected chi connectivity index (χ1v) is 8.80. The number of ketones is 1. The first kappa shape index (κ1) is 16.1. The lowest BCUT2D eigenvalue weighted by atomic mass is 10.1. The number of ether oxygens (including phenoxy) is 1. The molecule has 1 heterocycles. The van der Waals surface area contributed by atoms with Crippen LogP contribution in [-0.4, -0.2) is 32.9 Å². The largest absolute Gasteiger partial charge is 0.497 e. The number of rotatable bonds is 7. The molecular weight excluding hydrogens is 310 g/mol. The second-order valence-corrected chi connectivity index (χ2v) is 7.02. The van der Waals surface area contributed by atoms with E-state index in [9.17, 15) is 4.79 Å². The average molecular weight is 331 g/mol. The van der Waals surface area contributed by atoms with Crippen LogP contribution in [0.5, 0.6) is 5.75 Å². The fourth-order valence-corrected chi connectivity index (χ4v) is 3.53. The van der Waals surface area contributed by atoms with E-state index in [-0.39, 0.29) is 11.0 Å². The Bertz CT molecular complexity index is 692. The van der Waals surface area contributed by atoms with E-state index in [1.807, 2.05) is 19.1 Å². The molecule has 0 saturated heterocycles. The van der Waals surface area contributed by atoms with Gasteiger partial charge in [0, 0.05) is 18.0 Å². The first-order valence-electron chi connectivity index (χ1n) is 7.92. The van der Waals surface area contributed by atoms with Crippen LogP contribution in [0.1, 0.15) is 48.8 Å². The smallest absolute Gasteiger partial charge is 0.191 e.